The lowest BCUT2D eigenvalue weighted by atomic mass is 10.1. The molecule has 1 N–H and O–H groups in total. The monoisotopic (exact) mass is 277 g/mol. The lowest BCUT2D eigenvalue weighted by Gasteiger charge is -2.19. The minimum Gasteiger partial charge on any atom is -0.316 e. The molecule has 0 amide bonds. The van der Waals surface area contributed by atoms with Crippen molar-refractivity contribution in [3.05, 3.63) is 42.5 Å². The molecule has 0 aromatic heterocycles. The zero-order valence-electron chi connectivity index (χ0n) is 11.4. The van der Waals surface area contributed by atoms with Gasteiger partial charge in [-0.2, -0.15) is 0 Å². The van der Waals surface area contributed by atoms with Crippen molar-refractivity contribution < 1.29 is 8.42 Å². The minimum atomic E-state index is -3.30. The molecular weight excluding hydrogens is 258 g/mol. The Morgan fingerprint density at radius 2 is 1.63 bits per heavy atom. The molecule has 2 aromatic rings. The van der Waals surface area contributed by atoms with E-state index in [1.807, 2.05) is 37.3 Å². The predicted octanol–water partition coefficient (Wildman–Crippen LogP) is 2.61. The molecule has 0 heterocycles. The Bertz CT molecular complexity index is 679. The van der Waals surface area contributed by atoms with E-state index in [0.717, 1.165) is 10.8 Å². The van der Waals surface area contributed by atoms with Crippen LogP contribution in [0.2, 0.25) is 0 Å². The van der Waals surface area contributed by atoms with Gasteiger partial charge in [-0.15, -0.1) is 0 Å². The van der Waals surface area contributed by atoms with Gasteiger partial charge < -0.3 is 5.32 Å². The van der Waals surface area contributed by atoms with Gasteiger partial charge in [0.1, 0.15) is 0 Å². The van der Waals surface area contributed by atoms with Gasteiger partial charge in [0.2, 0.25) is 0 Å². The summed E-state index contributed by atoms with van der Waals surface area (Å²) in [5, 5.41) is 4.54. The molecule has 0 aliphatic carbocycles. The largest absolute Gasteiger partial charge is 0.316 e. The van der Waals surface area contributed by atoms with Crippen LogP contribution in [0.5, 0.6) is 0 Å². The fourth-order valence-electron chi connectivity index (χ4n) is 2.06. The number of nitrogens with one attached hydrogen (secondary N) is 1. The fraction of sp³-hybridized carbons (Fsp3) is 0.333. The summed E-state index contributed by atoms with van der Waals surface area (Å²) in [7, 11) is -1.53. The highest BCUT2D eigenvalue weighted by Gasteiger charge is 2.27. The van der Waals surface area contributed by atoms with Gasteiger partial charge in [0, 0.05) is 6.04 Å². The Labute approximate surface area is 114 Å². The quantitative estimate of drug-likeness (QED) is 0.934. The van der Waals surface area contributed by atoms with Crippen LogP contribution in [0, 0.1) is 0 Å². The normalized spacial score (nSPS) is 15.3. The maximum absolute atomic E-state index is 12.5. The Morgan fingerprint density at radius 3 is 2.26 bits per heavy atom. The van der Waals surface area contributed by atoms with Gasteiger partial charge in [-0.25, -0.2) is 8.42 Å². The highest BCUT2D eigenvalue weighted by Crippen LogP contribution is 2.23. The first-order valence-corrected chi connectivity index (χ1v) is 7.91. The molecule has 0 aliphatic heterocycles. The molecule has 4 heteroatoms. The van der Waals surface area contributed by atoms with Gasteiger partial charge in [-0.1, -0.05) is 30.3 Å². The summed E-state index contributed by atoms with van der Waals surface area (Å²) in [6, 6.07) is 13.0. The van der Waals surface area contributed by atoms with Crippen LogP contribution >= 0.6 is 0 Å². The van der Waals surface area contributed by atoms with E-state index in [0.29, 0.717) is 4.90 Å². The maximum atomic E-state index is 12.5. The van der Waals surface area contributed by atoms with Crippen molar-refractivity contribution >= 4 is 20.6 Å². The summed E-state index contributed by atoms with van der Waals surface area (Å²) >= 11 is 0. The Kier molecular flexibility index (Phi) is 3.92. The first-order chi connectivity index (χ1) is 8.96. The zero-order valence-corrected chi connectivity index (χ0v) is 12.2. The molecule has 0 saturated heterocycles. The van der Waals surface area contributed by atoms with Crippen LogP contribution in [0.4, 0.5) is 0 Å². The van der Waals surface area contributed by atoms with E-state index in [9.17, 15) is 8.42 Å². The maximum Gasteiger partial charge on any atom is 0.182 e. The van der Waals surface area contributed by atoms with Crippen molar-refractivity contribution in [3.8, 4) is 0 Å². The van der Waals surface area contributed by atoms with Gasteiger partial charge >= 0.3 is 0 Å². The molecule has 2 aromatic carbocycles. The second-order valence-corrected chi connectivity index (χ2v) is 7.14. The van der Waals surface area contributed by atoms with Crippen LogP contribution < -0.4 is 5.32 Å². The van der Waals surface area contributed by atoms with Crippen molar-refractivity contribution in [1.29, 1.82) is 0 Å². The van der Waals surface area contributed by atoms with Gasteiger partial charge in [0.05, 0.1) is 10.1 Å². The Morgan fingerprint density at radius 1 is 1.00 bits per heavy atom. The molecule has 2 unspecified atom stereocenters. The highest BCUT2D eigenvalue weighted by molar-refractivity contribution is 7.92. The smallest absolute Gasteiger partial charge is 0.182 e. The Balaban J connectivity index is 2.49. The Hall–Kier alpha value is -1.39. The number of rotatable bonds is 4. The lowest BCUT2D eigenvalue weighted by molar-refractivity contribution is 0.539. The molecule has 3 nitrogen and oxygen atoms in total. The van der Waals surface area contributed by atoms with Crippen molar-refractivity contribution in [1.82, 2.24) is 5.32 Å². The number of sulfone groups is 1. The molecule has 102 valence electrons. The molecule has 2 rings (SSSR count). The standard InChI is InChI=1S/C15H19NO2S/c1-11(16-3)12(2)19(17,18)15-9-8-13-6-4-5-7-14(13)10-15/h4-12,16H,1-3H3. The molecule has 19 heavy (non-hydrogen) atoms. The van der Waals surface area contributed by atoms with E-state index in [-0.39, 0.29) is 6.04 Å². The summed E-state index contributed by atoms with van der Waals surface area (Å²) in [6.45, 7) is 3.62. The SMILES string of the molecule is CNC(C)C(C)S(=O)(=O)c1ccc2ccccc2c1. The van der Waals surface area contributed by atoms with Gasteiger partial charge in [0.25, 0.3) is 0 Å². The average molecular weight is 277 g/mol. The minimum absolute atomic E-state index is 0.0866. The molecule has 0 saturated carbocycles. The first kappa shape index (κ1) is 14.0. The number of benzene rings is 2. The fourth-order valence-corrected chi connectivity index (χ4v) is 3.71. The van der Waals surface area contributed by atoms with E-state index in [1.165, 1.54) is 0 Å². The van der Waals surface area contributed by atoms with E-state index in [4.69, 9.17) is 0 Å². The topological polar surface area (TPSA) is 46.2 Å². The van der Waals surface area contributed by atoms with Crippen LogP contribution in [0.15, 0.2) is 47.4 Å². The van der Waals surface area contributed by atoms with Crippen LogP contribution in [0.3, 0.4) is 0 Å². The molecule has 0 radical (unpaired) electrons. The summed E-state index contributed by atoms with van der Waals surface area (Å²) in [4.78, 5) is 0.390. The van der Waals surface area contributed by atoms with Gasteiger partial charge in [0.15, 0.2) is 9.84 Å². The third-order valence-corrected chi connectivity index (χ3v) is 6.00. The van der Waals surface area contributed by atoms with E-state index < -0.39 is 15.1 Å². The number of fused-ring (bicyclic) bond motifs is 1. The van der Waals surface area contributed by atoms with Crippen molar-refractivity contribution in [3.63, 3.8) is 0 Å². The van der Waals surface area contributed by atoms with Gasteiger partial charge in [-0.3, -0.25) is 0 Å². The molecule has 2 atom stereocenters. The van der Waals surface area contributed by atoms with Crippen LogP contribution in [-0.2, 0) is 9.84 Å². The average Bonchev–Trinajstić information content (AvgIpc) is 2.45. The summed E-state index contributed by atoms with van der Waals surface area (Å²) in [6.07, 6.45) is 0. The first-order valence-electron chi connectivity index (χ1n) is 6.37. The lowest BCUT2D eigenvalue weighted by Crippen LogP contribution is -2.38. The third kappa shape index (κ3) is 2.65. The van der Waals surface area contributed by atoms with Crippen molar-refractivity contribution in [2.45, 2.75) is 30.0 Å². The van der Waals surface area contributed by atoms with Crippen molar-refractivity contribution in [2.24, 2.45) is 0 Å². The second-order valence-electron chi connectivity index (χ2n) is 4.84. The zero-order chi connectivity index (χ0) is 14.0. The number of hydrogen-bond acceptors (Lipinski definition) is 3. The second kappa shape index (κ2) is 5.31. The van der Waals surface area contributed by atoms with Crippen LogP contribution in [0.25, 0.3) is 10.8 Å². The summed E-state index contributed by atoms with van der Waals surface area (Å²) < 4.78 is 25.1. The number of hydrogen-bond donors (Lipinski definition) is 1. The van der Waals surface area contributed by atoms with Crippen LogP contribution in [0.1, 0.15) is 13.8 Å². The molecule has 0 aliphatic rings. The van der Waals surface area contributed by atoms with Crippen LogP contribution in [-0.4, -0.2) is 26.8 Å². The summed E-state index contributed by atoms with van der Waals surface area (Å²) in [5.41, 5.74) is 0. The van der Waals surface area contributed by atoms with E-state index in [1.54, 1.807) is 26.1 Å². The van der Waals surface area contributed by atoms with E-state index >= 15 is 0 Å². The molecule has 0 bridgehead atoms. The van der Waals surface area contributed by atoms with Crippen molar-refractivity contribution in [2.75, 3.05) is 7.05 Å². The van der Waals surface area contributed by atoms with E-state index in [2.05, 4.69) is 5.32 Å². The molecule has 0 spiro atoms. The summed E-state index contributed by atoms with van der Waals surface area (Å²) in [5.74, 6) is 0. The predicted molar refractivity (Wildman–Crippen MR) is 79.1 cm³/mol. The highest BCUT2D eigenvalue weighted by atomic mass is 32.2. The molecular formula is C15H19NO2S. The third-order valence-electron chi connectivity index (χ3n) is 3.70. The molecule has 0 fully saturated rings. The van der Waals surface area contributed by atoms with Gasteiger partial charge in [-0.05, 0) is 43.8 Å².